The summed E-state index contributed by atoms with van der Waals surface area (Å²) in [7, 11) is 0. The number of fused-ring (bicyclic) bond motifs is 7. The number of hydrogen-bond donors (Lipinski definition) is 0. The van der Waals surface area contributed by atoms with Gasteiger partial charge in [0, 0.05) is 39.0 Å². The van der Waals surface area contributed by atoms with E-state index in [-0.39, 0.29) is 0 Å². The van der Waals surface area contributed by atoms with E-state index in [0.29, 0.717) is 5.82 Å². The molecule has 4 aromatic heterocycles. The second kappa shape index (κ2) is 9.29. The molecule has 0 amide bonds. The maximum Gasteiger partial charge on any atom is 0.165 e. The lowest BCUT2D eigenvalue weighted by Gasteiger charge is -2.11. The van der Waals surface area contributed by atoms with Gasteiger partial charge >= 0.3 is 0 Å². The maximum absolute atomic E-state index is 5.15. The summed E-state index contributed by atoms with van der Waals surface area (Å²) in [6, 6.07) is 46.0. The summed E-state index contributed by atoms with van der Waals surface area (Å²) >= 11 is 0. The molecule has 0 aliphatic carbocycles. The molecule has 9 rings (SSSR count). The van der Waals surface area contributed by atoms with Crippen LogP contribution in [0.25, 0.3) is 83.2 Å². The van der Waals surface area contributed by atoms with Crippen molar-refractivity contribution in [3.8, 4) is 33.9 Å². The first-order valence-corrected chi connectivity index (χ1v) is 14.3. The molecular weight excluding hydrogens is 526 g/mol. The number of imidazole rings is 1. The molecule has 0 saturated heterocycles. The van der Waals surface area contributed by atoms with Crippen LogP contribution in [0.2, 0.25) is 0 Å². The first kappa shape index (κ1) is 23.7. The van der Waals surface area contributed by atoms with E-state index in [1.54, 1.807) is 0 Å². The van der Waals surface area contributed by atoms with E-state index in [1.165, 1.54) is 10.8 Å². The molecule has 4 heterocycles. The lowest BCUT2D eigenvalue weighted by Crippen LogP contribution is -1.96. The number of rotatable bonds is 3. The first-order chi connectivity index (χ1) is 21.3. The minimum atomic E-state index is 0.698. The molecule has 9 aromatic rings. The minimum Gasteiger partial charge on any atom is -0.284 e. The van der Waals surface area contributed by atoms with Gasteiger partial charge in [0.1, 0.15) is 11.2 Å². The molecular formula is C38H23N5. The van der Waals surface area contributed by atoms with Gasteiger partial charge in [0.05, 0.1) is 16.9 Å². The van der Waals surface area contributed by atoms with E-state index in [2.05, 4.69) is 108 Å². The van der Waals surface area contributed by atoms with Crippen LogP contribution in [0.1, 0.15) is 0 Å². The van der Waals surface area contributed by atoms with Crippen LogP contribution in [0.3, 0.4) is 0 Å². The van der Waals surface area contributed by atoms with Crippen molar-refractivity contribution in [1.29, 1.82) is 0 Å². The standard InChI is InChI=1S/C38H23N5/c1-2-10-27-23-28(21-16-24(27)9-1)35-31-13-5-6-14-32(31)39-37(41-35)26-19-17-25(18-20-26)34-29-11-3-4-12-30(29)36-38(42-34)43-22-8-7-15-33(43)40-36/h1-23H. The van der Waals surface area contributed by atoms with Crippen molar-refractivity contribution in [3.63, 3.8) is 0 Å². The molecule has 0 saturated carbocycles. The third-order valence-electron chi connectivity index (χ3n) is 8.20. The molecule has 0 aliphatic heterocycles. The fourth-order valence-corrected chi connectivity index (χ4v) is 6.09. The summed E-state index contributed by atoms with van der Waals surface area (Å²) < 4.78 is 2.05. The Hall–Kier alpha value is -5.94. The lowest BCUT2D eigenvalue weighted by molar-refractivity contribution is 1.19. The van der Waals surface area contributed by atoms with Crippen molar-refractivity contribution in [2.75, 3.05) is 0 Å². The Morgan fingerprint density at radius 1 is 0.442 bits per heavy atom. The Bertz CT molecular complexity index is 2510. The van der Waals surface area contributed by atoms with E-state index >= 15 is 0 Å². The smallest absolute Gasteiger partial charge is 0.165 e. The molecule has 0 N–H and O–H groups in total. The molecule has 0 aliphatic rings. The number of benzene rings is 5. The van der Waals surface area contributed by atoms with Crippen LogP contribution in [-0.2, 0) is 0 Å². The second-order valence-corrected chi connectivity index (χ2v) is 10.8. The van der Waals surface area contributed by atoms with Crippen molar-refractivity contribution >= 4 is 49.3 Å². The molecule has 0 unspecified atom stereocenters. The summed E-state index contributed by atoms with van der Waals surface area (Å²) in [4.78, 5) is 20.1. The van der Waals surface area contributed by atoms with Crippen LogP contribution < -0.4 is 0 Å². The van der Waals surface area contributed by atoms with E-state index < -0.39 is 0 Å². The summed E-state index contributed by atoms with van der Waals surface area (Å²) in [6.07, 6.45) is 2.02. The quantitative estimate of drug-likeness (QED) is 0.220. The van der Waals surface area contributed by atoms with Crippen molar-refractivity contribution < 1.29 is 0 Å². The van der Waals surface area contributed by atoms with Crippen molar-refractivity contribution in [3.05, 3.63) is 140 Å². The topological polar surface area (TPSA) is 56.0 Å². The average molecular weight is 550 g/mol. The molecule has 0 atom stereocenters. The number of nitrogens with zero attached hydrogens (tertiary/aromatic N) is 5. The summed E-state index contributed by atoms with van der Waals surface area (Å²) in [5, 5.41) is 5.61. The highest BCUT2D eigenvalue weighted by Gasteiger charge is 2.16. The van der Waals surface area contributed by atoms with Crippen LogP contribution in [0, 0.1) is 0 Å². The largest absolute Gasteiger partial charge is 0.284 e. The van der Waals surface area contributed by atoms with Crippen LogP contribution >= 0.6 is 0 Å². The van der Waals surface area contributed by atoms with Crippen LogP contribution in [0.5, 0.6) is 0 Å². The predicted octanol–water partition coefficient (Wildman–Crippen LogP) is 9.13. The second-order valence-electron chi connectivity index (χ2n) is 10.8. The molecule has 5 heteroatoms. The monoisotopic (exact) mass is 549 g/mol. The molecule has 43 heavy (non-hydrogen) atoms. The number of aromatic nitrogens is 5. The third kappa shape index (κ3) is 3.79. The highest BCUT2D eigenvalue weighted by Crippen LogP contribution is 2.35. The lowest BCUT2D eigenvalue weighted by atomic mass is 10.0. The zero-order valence-corrected chi connectivity index (χ0v) is 23.0. The predicted molar refractivity (Wildman–Crippen MR) is 175 cm³/mol. The highest BCUT2D eigenvalue weighted by atomic mass is 15.1. The van der Waals surface area contributed by atoms with Crippen LogP contribution in [0.15, 0.2) is 140 Å². The minimum absolute atomic E-state index is 0.698. The van der Waals surface area contributed by atoms with Gasteiger partial charge < -0.3 is 0 Å². The molecule has 0 spiro atoms. The van der Waals surface area contributed by atoms with Crippen LogP contribution in [0.4, 0.5) is 0 Å². The van der Waals surface area contributed by atoms with Gasteiger partial charge in [0.15, 0.2) is 11.5 Å². The average Bonchev–Trinajstić information content (AvgIpc) is 3.46. The third-order valence-corrected chi connectivity index (χ3v) is 8.20. The molecule has 200 valence electrons. The van der Waals surface area contributed by atoms with Gasteiger partial charge in [-0.2, -0.15) is 0 Å². The Morgan fingerprint density at radius 2 is 1.12 bits per heavy atom. The number of para-hydroxylation sites is 1. The van der Waals surface area contributed by atoms with Gasteiger partial charge in [-0.25, -0.2) is 19.9 Å². The SMILES string of the molecule is c1ccc2cc(-c3nc(-c4ccc(-c5nc6c(nc7ccccn76)c6ccccc56)cc4)nc4ccccc34)ccc2c1. The zero-order chi connectivity index (χ0) is 28.3. The van der Waals surface area contributed by atoms with Gasteiger partial charge in [0.2, 0.25) is 0 Å². The molecule has 5 aromatic carbocycles. The molecule has 0 bridgehead atoms. The fraction of sp³-hybridized carbons (Fsp3) is 0. The Kier molecular flexibility index (Phi) is 5.13. The van der Waals surface area contributed by atoms with Crippen molar-refractivity contribution in [1.82, 2.24) is 24.3 Å². The van der Waals surface area contributed by atoms with E-state index in [1.807, 2.05) is 36.5 Å². The first-order valence-electron chi connectivity index (χ1n) is 14.3. The van der Waals surface area contributed by atoms with Gasteiger partial charge in [-0.05, 0) is 35.0 Å². The van der Waals surface area contributed by atoms with E-state index in [4.69, 9.17) is 19.9 Å². The van der Waals surface area contributed by atoms with Gasteiger partial charge in [0.25, 0.3) is 0 Å². The summed E-state index contributed by atoms with van der Waals surface area (Å²) in [5.74, 6) is 0.698. The normalized spacial score (nSPS) is 11.7. The summed E-state index contributed by atoms with van der Waals surface area (Å²) in [6.45, 7) is 0. The maximum atomic E-state index is 5.15. The molecule has 5 nitrogen and oxygen atoms in total. The van der Waals surface area contributed by atoms with E-state index in [0.717, 1.165) is 66.6 Å². The fourth-order valence-electron chi connectivity index (χ4n) is 6.09. The van der Waals surface area contributed by atoms with Crippen molar-refractivity contribution in [2.24, 2.45) is 0 Å². The Morgan fingerprint density at radius 3 is 2.00 bits per heavy atom. The Labute approximate surface area is 246 Å². The number of pyridine rings is 2. The Balaban J connectivity index is 1.19. The molecule has 0 fully saturated rings. The van der Waals surface area contributed by atoms with Crippen LogP contribution in [-0.4, -0.2) is 24.3 Å². The van der Waals surface area contributed by atoms with Gasteiger partial charge in [-0.3, -0.25) is 4.40 Å². The molecule has 0 radical (unpaired) electrons. The van der Waals surface area contributed by atoms with E-state index in [9.17, 15) is 0 Å². The van der Waals surface area contributed by atoms with Crippen molar-refractivity contribution in [2.45, 2.75) is 0 Å². The van der Waals surface area contributed by atoms with Gasteiger partial charge in [-0.1, -0.05) is 109 Å². The number of hydrogen-bond acceptors (Lipinski definition) is 4. The summed E-state index contributed by atoms with van der Waals surface area (Å²) in [5.41, 5.74) is 8.49. The van der Waals surface area contributed by atoms with Gasteiger partial charge in [-0.15, -0.1) is 0 Å². The zero-order valence-electron chi connectivity index (χ0n) is 23.0. The highest BCUT2D eigenvalue weighted by molar-refractivity contribution is 6.09.